The number of β-amino-alcohol motifs (C(OH)–C–C–N with tert-alkyl or cyclic N) is 1. The highest BCUT2D eigenvalue weighted by atomic mass is 32.2. The Morgan fingerprint density at radius 1 is 1.19 bits per heavy atom. The van der Waals surface area contributed by atoms with Crippen molar-refractivity contribution in [2.24, 2.45) is 10.7 Å². The maximum Gasteiger partial charge on any atom is 0.269 e. The number of hydrogen-bond acceptors (Lipinski definition) is 8. The monoisotopic (exact) mass is 519 g/mol. The van der Waals surface area contributed by atoms with Crippen molar-refractivity contribution in [2.75, 3.05) is 31.3 Å². The first-order chi connectivity index (χ1) is 17.9. The molecule has 0 aromatic heterocycles. The van der Waals surface area contributed by atoms with Crippen LogP contribution in [0.3, 0.4) is 0 Å². The molecule has 0 aliphatic carbocycles. The Labute approximate surface area is 221 Å². The fourth-order valence-corrected chi connectivity index (χ4v) is 4.76. The summed E-state index contributed by atoms with van der Waals surface area (Å²) in [6.07, 6.45) is 1.55. The molecule has 1 fully saturated rings. The molecule has 1 unspecified atom stereocenters. The van der Waals surface area contributed by atoms with Crippen LogP contribution in [0.5, 0.6) is 0 Å². The molecule has 1 heterocycles. The maximum absolute atomic E-state index is 11.3. The molecule has 3 aromatic rings. The quantitative estimate of drug-likeness (QED) is 0.140. The molecule has 0 saturated carbocycles. The third-order valence-corrected chi connectivity index (χ3v) is 6.82. The van der Waals surface area contributed by atoms with Crippen molar-refractivity contribution in [3.63, 3.8) is 0 Å². The predicted molar refractivity (Wildman–Crippen MR) is 153 cm³/mol. The Hall–Kier alpha value is -3.66. The standard InChI is InChI=1S/C16H18N4OS.C12H15NO2/c1-18-14(15(17)21)16(19-2)22-10-20-13-8-7-11-5-3-4-6-12(11)9-13;14-9-11-3-1-10(2-4-11)7-13-6-5-12(15)8-13/h3-9,19-20H,1,10H2,2H3,(H2,17,21);1-4,9,12,15H,5-8H2/b16-14-;. The van der Waals surface area contributed by atoms with Crippen molar-refractivity contribution in [3.05, 3.63) is 88.6 Å². The molecule has 9 heteroatoms. The number of anilines is 1. The van der Waals surface area contributed by atoms with E-state index in [0.29, 0.717) is 16.5 Å². The minimum Gasteiger partial charge on any atom is -0.392 e. The van der Waals surface area contributed by atoms with Crippen LogP contribution in [-0.2, 0) is 11.3 Å². The zero-order chi connectivity index (χ0) is 26.6. The number of rotatable bonds is 10. The van der Waals surface area contributed by atoms with Gasteiger partial charge in [0.15, 0.2) is 5.70 Å². The Kier molecular flexibility index (Phi) is 10.7. The summed E-state index contributed by atoms with van der Waals surface area (Å²) in [5.41, 5.74) is 8.32. The third-order valence-electron chi connectivity index (χ3n) is 5.85. The van der Waals surface area contributed by atoms with Gasteiger partial charge in [-0.25, -0.2) is 0 Å². The average Bonchev–Trinajstić information content (AvgIpc) is 3.33. The van der Waals surface area contributed by atoms with Gasteiger partial charge < -0.3 is 21.5 Å². The van der Waals surface area contributed by atoms with Gasteiger partial charge in [0.1, 0.15) is 11.3 Å². The summed E-state index contributed by atoms with van der Waals surface area (Å²) >= 11 is 1.41. The number of aliphatic hydroxyl groups is 1. The molecule has 5 N–H and O–H groups in total. The van der Waals surface area contributed by atoms with Gasteiger partial charge >= 0.3 is 0 Å². The minimum atomic E-state index is -0.599. The third kappa shape index (κ3) is 8.45. The number of carbonyl (C=O) groups is 2. The number of carbonyl (C=O) groups excluding carboxylic acids is 2. The van der Waals surface area contributed by atoms with E-state index < -0.39 is 5.91 Å². The zero-order valence-corrected chi connectivity index (χ0v) is 21.7. The van der Waals surface area contributed by atoms with Crippen LogP contribution in [0.15, 0.2) is 82.4 Å². The number of aliphatic imine (C=N–C) groups is 1. The molecule has 1 atom stereocenters. The lowest BCUT2D eigenvalue weighted by Crippen LogP contribution is -2.21. The van der Waals surface area contributed by atoms with Crippen molar-refractivity contribution in [1.29, 1.82) is 0 Å². The number of likely N-dealkylation sites (tertiary alicyclic amines) is 1. The van der Waals surface area contributed by atoms with E-state index in [0.717, 1.165) is 38.0 Å². The summed E-state index contributed by atoms with van der Waals surface area (Å²) < 4.78 is 0. The topological polar surface area (TPSA) is 120 Å². The lowest BCUT2D eigenvalue weighted by atomic mass is 10.1. The van der Waals surface area contributed by atoms with E-state index in [9.17, 15) is 14.7 Å². The van der Waals surface area contributed by atoms with Crippen molar-refractivity contribution < 1.29 is 14.7 Å². The fraction of sp³-hybridized carbons (Fsp3) is 0.250. The predicted octanol–water partition coefficient (Wildman–Crippen LogP) is 3.58. The Morgan fingerprint density at radius 2 is 1.92 bits per heavy atom. The molecule has 0 radical (unpaired) electrons. The number of nitrogens with zero attached hydrogens (tertiary/aromatic N) is 2. The summed E-state index contributed by atoms with van der Waals surface area (Å²) in [5.74, 6) is -0.0292. The molecule has 1 aliphatic rings. The van der Waals surface area contributed by atoms with Gasteiger partial charge in [-0.1, -0.05) is 66.4 Å². The fourth-order valence-electron chi connectivity index (χ4n) is 3.93. The first kappa shape index (κ1) is 27.9. The summed E-state index contributed by atoms with van der Waals surface area (Å²) in [5, 5.41) is 18.5. The average molecular weight is 520 g/mol. The number of aliphatic hydroxyl groups excluding tert-OH is 1. The van der Waals surface area contributed by atoms with E-state index in [-0.39, 0.29) is 11.8 Å². The number of hydrogen-bond donors (Lipinski definition) is 4. The number of fused-ring (bicyclic) bond motifs is 1. The van der Waals surface area contributed by atoms with Crippen LogP contribution in [-0.4, -0.2) is 61.0 Å². The molecule has 0 bridgehead atoms. The summed E-state index contributed by atoms with van der Waals surface area (Å²) in [4.78, 5) is 27.6. The Balaban J connectivity index is 0.000000220. The highest BCUT2D eigenvalue weighted by molar-refractivity contribution is 8.03. The van der Waals surface area contributed by atoms with Crippen LogP contribution in [0.4, 0.5) is 5.69 Å². The van der Waals surface area contributed by atoms with E-state index in [1.807, 2.05) is 42.5 Å². The molecule has 0 spiro atoms. The summed E-state index contributed by atoms with van der Waals surface area (Å²) in [7, 11) is 1.71. The van der Waals surface area contributed by atoms with Gasteiger partial charge in [0.05, 0.1) is 12.0 Å². The number of nitrogens with two attached hydrogens (primary N) is 1. The number of benzene rings is 3. The van der Waals surface area contributed by atoms with Crippen molar-refractivity contribution >= 4 is 47.1 Å². The van der Waals surface area contributed by atoms with Crippen LogP contribution in [0.25, 0.3) is 10.8 Å². The van der Waals surface area contributed by atoms with Gasteiger partial charge in [-0.15, -0.1) is 0 Å². The van der Waals surface area contributed by atoms with E-state index >= 15 is 0 Å². The number of nitrogens with one attached hydrogen (secondary N) is 2. The number of primary amides is 1. The van der Waals surface area contributed by atoms with Crippen LogP contribution >= 0.6 is 11.8 Å². The first-order valence-electron chi connectivity index (χ1n) is 11.9. The molecule has 4 rings (SSSR count). The molecule has 37 heavy (non-hydrogen) atoms. The minimum absolute atomic E-state index is 0.146. The Bertz CT molecular complexity index is 1250. The molecular weight excluding hydrogens is 486 g/mol. The molecule has 3 aromatic carbocycles. The summed E-state index contributed by atoms with van der Waals surface area (Å²) in [6.45, 7) is 5.94. The number of aldehydes is 1. The maximum atomic E-state index is 11.3. The van der Waals surface area contributed by atoms with Crippen molar-refractivity contribution in [2.45, 2.75) is 19.1 Å². The zero-order valence-electron chi connectivity index (χ0n) is 20.9. The second-order valence-electron chi connectivity index (χ2n) is 8.51. The van der Waals surface area contributed by atoms with Crippen molar-refractivity contribution in [1.82, 2.24) is 10.2 Å². The smallest absolute Gasteiger partial charge is 0.269 e. The number of thioether (sulfide) groups is 1. The molecule has 8 nitrogen and oxygen atoms in total. The molecule has 1 saturated heterocycles. The van der Waals surface area contributed by atoms with E-state index in [2.05, 4.69) is 51.5 Å². The van der Waals surface area contributed by atoms with Gasteiger partial charge in [-0.05, 0) is 41.6 Å². The normalized spacial score (nSPS) is 15.8. The van der Waals surface area contributed by atoms with Crippen LogP contribution in [0.2, 0.25) is 0 Å². The molecular formula is C28H33N5O3S. The number of amides is 1. The van der Waals surface area contributed by atoms with Gasteiger partial charge in [0.2, 0.25) is 0 Å². The van der Waals surface area contributed by atoms with Gasteiger partial charge in [0, 0.05) is 37.9 Å². The molecule has 194 valence electrons. The first-order valence-corrected chi connectivity index (χ1v) is 12.9. The molecule has 1 amide bonds. The van der Waals surface area contributed by atoms with E-state index in [1.165, 1.54) is 28.1 Å². The van der Waals surface area contributed by atoms with Crippen LogP contribution in [0.1, 0.15) is 22.3 Å². The van der Waals surface area contributed by atoms with Crippen LogP contribution in [0, 0.1) is 0 Å². The second-order valence-corrected chi connectivity index (χ2v) is 9.50. The van der Waals surface area contributed by atoms with Gasteiger partial charge in [0.25, 0.3) is 5.91 Å². The second kappa shape index (κ2) is 14.2. The van der Waals surface area contributed by atoms with Crippen molar-refractivity contribution in [3.8, 4) is 0 Å². The Morgan fingerprint density at radius 3 is 2.51 bits per heavy atom. The lowest BCUT2D eigenvalue weighted by Gasteiger charge is -2.14. The summed E-state index contributed by atoms with van der Waals surface area (Å²) in [6, 6.07) is 21.9. The lowest BCUT2D eigenvalue weighted by molar-refractivity contribution is -0.114. The SMILES string of the molecule is C=N/C(C(N)=O)=C(/NC)SCNc1ccc2ccccc2c1.O=Cc1ccc(CN2CCC(O)C2)cc1. The van der Waals surface area contributed by atoms with E-state index in [1.54, 1.807) is 7.05 Å². The highest BCUT2D eigenvalue weighted by Gasteiger charge is 2.19. The molecule has 1 aliphatic heterocycles. The van der Waals surface area contributed by atoms with E-state index in [4.69, 9.17) is 5.73 Å². The van der Waals surface area contributed by atoms with Gasteiger partial charge in [-0.2, -0.15) is 0 Å². The highest BCUT2D eigenvalue weighted by Crippen LogP contribution is 2.22. The van der Waals surface area contributed by atoms with Gasteiger partial charge in [-0.3, -0.25) is 19.5 Å². The van der Waals surface area contributed by atoms with Crippen LogP contribution < -0.4 is 16.4 Å². The largest absolute Gasteiger partial charge is 0.392 e.